The summed E-state index contributed by atoms with van der Waals surface area (Å²) < 4.78 is 12.5. The van der Waals surface area contributed by atoms with Gasteiger partial charge in [-0.15, -0.1) is 0 Å². The molecule has 6 heteroatoms. The Morgan fingerprint density at radius 2 is 1.41 bits per heavy atom. The molecule has 0 saturated carbocycles. The number of pyridine rings is 3. The number of hydrogen-bond donors (Lipinski definition) is 0. The van der Waals surface area contributed by atoms with Gasteiger partial charge >= 0.3 is 230 Å². The molecule has 7 aromatic rings. The van der Waals surface area contributed by atoms with Crippen LogP contribution in [-0.2, 0) is 0 Å². The fourth-order valence-corrected chi connectivity index (χ4v) is 10.8. The Balaban J connectivity index is 1.24. The fraction of sp³-hybridized carbons (Fsp3) is 0. The molecule has 5 heterocycles. The molecule has 1 aliphatic rings. The zero-order valence-electron chi connectivity index (χ0n) is 20.8. The second-order valence-electron chi connectivity index (χ2n) is 9.38. The molecule has 184 valence electrons. The van der Waals surface area contributed by atoms with Gasteiger partial charge in [0.15, 0.2) is 0 Å². The van der Waals surface area contributed by atoms with Crippen molar-refractivity contribution < 1.29 is 4.74 Å². The minimum atomic E-state index is -1.79. The standard InChI is InChI=1S/C33H21AsN4O/c1-3-11-27-23(9-1)24-16-15-22(21-28(24)34(27)30-13-5-7-19-35-30)39-32-18-17-26-25-10-2-4-12-29(25)38(33(26)37-32)31-14-6-8-20-36-31/h1-21H. The molecule has 0 N–H and O–H groups in total. The predicted octanol–water partition coefficient (Wildman–Crippen LogP) is 5.26. The molecule has 0 spiro atoms. The third kappa shape index (κ3) is 3.58. The van der Waals surface area contributed by atoms with E-state index in [0.29, 0.717) is 5.88 Å². The van der Waals surface area contributed by atoms with Crippen LogP contribution in [0.4, 0.5) is 0 Å². The van der Waals surface area contributed by atoms with E-state index in [1.165, 1.54) is 24.3 Å². The molecular weight excluding hydrogens is 543 g/mol. The fourth-order valence-electron chi connectivity index (χ4n) is 5.46. The average molecular weight is 564 g/mol. The molecular formula is C33H21AsN4O. The molecule has 0 fully saturated rings. The summed E-state index contributed by atoms with van der Waals surface area (Å²) in [7, 11) is 0. The second-order valence-corrected chi connectivity index (χ2v) is 13.8. The normalized spacial score (nSPS) is 13.9. The van der Waals surface area contributed by atoms with Crippen LogP contribution in [0.5, 0.6) is 11.6 Å². The Hall–Kier alpha value is -4.73. The van der Waals surface area contributed by atoms with Crippen molar-refractivity contribution in [3.8, 4) is 28.6 Å². The van der Waals surface area contributed by atoms with Gasteiger partial charge in [-0.2, -0.15) is 0 Å². The molecule has 8 rings (SSSR count). The number of nitrogens with zero attached hydrogens (tertiary/aromatic N) is 4. The summed E-state index contributed by atoms with van der Waals surface area (Å²) in [5, 5.41) is 2.20. The van der Waals surface area contributed by atoms with Gasteiger partial charge in [-0.25, -0.2) is 0 Å². The van der Waals surface area contributed by atoms with Crippen molar-refractivity contribution in [2.45, 2.75) is 0 Å². The third-order valence-electron chi connectivity index (χ3n) is 7.12. The topological polar surface area (TPSA) is 52.8 Å². The van der Waals surface area contributed by atoms with Gasteiger partial charge in [-0.3, -0.25) is 0 Å². The number of ether oxygens (including phenoxy) is 1. The van der Waals surface area contributed by atoms with E-state index in [4.69, 9.17) is 14.7 Å². The van der Waals surface area contributed by atoms with Gasteiger partial charge in [0.05, 0.1) is 0 Å². The summed E-state index contributed by atoms with van der Waals surface area (Å²) in [4.78, 5) is 14.4. The zero-order chi connectivity index (χ0) is 25.8. The monoisotopic (exact) mass is 564 g/mol. The average Bonchev–Trinajstić information content (AvgIpc) is 3.50. The number of rotatable bonds is 4. The van der Waals surface area contributed by atoms with Crippen LogP contribution in [0.2, 0.25) is 0 Å². The molecule has 0 radical (unpaired) electrons. The van der Waals surface area contributed by atoms with Gasteiger partial charge in [0, 0.05) is 0 Å². The van der Waals surface area contributed by atoms with Crippen LogP contribution < -0.4 is 17.9 Å². The van der Waals surface area contributed by atoms with E-state index in [9.17, 15) is 0 Å². The van der Waals surface area contributed by atoms with Crippen molar-refractivity contribution in [1.29, 1.82) is 0 Å². The Labute approximate surface area is 229 Å². The van der Waals surface area contributed by atoms with Gasteiger partial charge in [-0.1, -0.05) is 0 Å². The summed E-state index contributed by atoms with van der Waals surface area (Å²) >= 11 is -1.79. The summed E-state index contributed by atoms with van der Waals surface area (Å²) in [6, 6.07) is 39.7. The first-order valence-electron chi connectivity index (χ1n) is 12.8. The molecule has 0 saturated heterocycles. The molecule has 3 aromatic carbocycles. The summed E-state index contributed by atoms with van der Waals surface area (Å²) in [6.07, 6.45) is 3.70. The van der Waals surface area contributed by atoms with E-state index < -0.39 is 14.7 Å². The molecule has 1 aliphatic heterocycles. The van der Waals surface area contributed by atoms with E-state index in [1.807, 2.05) is 48.7 Å². The molecule has 1 atom stereocenters. The molecule has 0 aliphatic carbocycles. The number of hydrogen-bond acceptors (Lipinski definition) is 4. The Bertz CT molecular complexity index is 2000. The first kappa shape index (κ1) is 22.3. The number of aromatic nitrogens is 4. The van der Waals surface area contributed by atoms with E-state index in [-0.39, 0.29) is 0 Å². The van der Waals surface area contributed by atoms with Crippen molar-refractivity contribution in [3.63, 3.8) is 0 Å². The number of para-hydroxylation sites is 1. The van der Waals surface area contributed by atoms with Crippen molar-refractivity contribution in [2.24, 2.45) is 0 Å². The quantitative estimate of drug-likeness (QED) is 0.274. The first-order valence-corrected chi connectivity index (χ1v) is 15.6. The summed E-state index contributed by atoms with van der Waals surface area (Å²) in [5.74, 6) is 2.16. The first-order chi connectivity index (χ1) is 19.3. The molecule has 5 nitrogen and oxygen atoms in total. The van der Waals surface area contributed by atoms with E-state index in [1.54, 1.807) is 6.20 Å². The number of benzene rings is 3. The van der Waals surface area contributed by atoms with Crippen molar-refractivity contribution >= 4 is 49.8 Å². The zero-order valence-corrected chi connectivity index (χ0v) is 22.6. The van der Waals surface area contributed by atoms with Crippen LogP contribution in [0.3, 0.4) is 0 Å². The van der Waals surface area contributed by atoms with E-state index in [2.05, 4.69) is 82.3 Å². The van der Waals surface area contributed by atoms with Crippen LogP contribution >= 0.6 is 0 Å². The summed E-state index contributed by atoms with van der Waals surface area (Å²) in [5.41, 5.74) is 4.48. The van der Waals surface area contributed by atoms with Crippen LogP contribution in [0.1, 0.15) is 0 Å². The van der Waals surface area contributed by atoms with Gasteiger partial charge in [0.2, 0.25) is 0 Å². The van der Waals surface area contributed by atoms with Crippen LogP contribution in [0.15, 0.2) is 128 Å². The van der Waals surface area contributed by atoms with Crippen LogP contribution in [0, 0.1) is 0 Å². The molecule has 0 bridgehead atoms. The Morgan fingerprint density at radius 3 is 2.28 bits per heavy atom. The van der Waals surface area contributed by atoms with E-state index in [0.717, 1.165) is 33.5 Å². The predicted molar refractivity (Wildman–Crippen MR) is 157 cm³/mol. The molecule has 4 aromatic heterocycles. The molecule has 1 unspecified atom stereocenters. The van der Waals surface area contributed by atoms with Gasteiger partial charge in [0.1, 0.15) is 0 Å². The third-order valence-corrected chi connectivity index (χ3v) is 12.3. The molecule has 39 heavy (non-hydrogen) atoms. The van der Waals surface area contributed by atoms with Crippen LogP contribution in [0.25, 0.3) is 38.9 Å². The molecule has 0 amide bonds. The minimum absolute atomic E-state index is 0.551. The Morgan fingerprint density at radius 1 is 0.615 bits per heavy atom. The van der Waals surface area contributed by atoms with Crippen molar-refractivity contribution in [2.75, 3.05) is 0 Å². The van der Waals surface area contributed by atoms with Crippen LogP contribution in [-0.4, -0.2) is 34.2 Å². The number of fused-ring (bicyclic) bond motifs is 6. The van der Waals surface area contributed by atoms with Gasteiger partial charge < -0.3 is 0 Å². The summed E-state index contributed by atoms with van der Waals surface area (Å²) in [6.45, 7) is 0. The maximum atomic E-state index is 6.44. The Kier molecular flexibility index (Phi) is 5.10. The van der Waals surface area contributed by atoms with Crippen molar-refractivity contribution in [3.05, 3.63) is 128 Å². The van der Waals surface area contributed by atoms with Gasteiger partial charge in [0.25, 0.3) is 0 Å². The van der Waals surface area contributed by atoms with Gasteiger partial charge in [-0.05, 0) is 0 Å². The van der Waals surface area contributed by atoms with Crippen molar-refractivity contribution in [1.82, 2.24) is 19.5 Å². The SMILES string of the molecule is c1ccc(-n2c3ccccc3c3ccc(Oc4ccc5c(c4)[As](c4ccccn4)c4ccccc4-5)nc32)nc1. The van der Waals surface area contributed by atoms with E-state index >= 15 is 0 Å². The maximum absolute atomic E-state index is 6.44. The second kappa shape index (κ2) is 8.93.